The van der Waals surface area contributed by atoms with Crippen molar-refractivity contribution in [3.8, 4) is 0 Å². The molecule has 6 nitrogen and oxygen atoms in total. The predicted molar refractivity (Wildman–Crippen MR) is 135 cm³/mol. The molecule has 0 bridgehead atoms. The molecule has 4 aromatic rings. The van der Waals surface area contributed by atoms with Crippen LogP contribution in [0.2, 0.25) is 0 Å². The number of nitrogens with zero attached hydrogens (tertiary/aromatic N) is 5. The van der Waals surface area contributed by atoms with Crippen molar-refractivity contribution in [2.45, 2.75) is 25.8 Å². The highest BCUT2D eigenvalue weighted by Gasteiger charge is 2.32. The van der Waals surface area contributed by atoms with Gasteiger partial charge < -0.3 is 0 Å². The van der Waals surface area contributed by atoms with Gasteiger partial charge in [0.1, 0.15) is 10.4 Å². The Morgan fingerprint density at radius 1 is 0.969 bits per heavy atom. The van der Waals surface area contributed by atoms with E-state index in [0.29, 0.717) is 17.6 Å². The zero-order valence-corrected chi connectivity index (χ0v) is 19.4. The van der Waals surface area contributed by atoms with Crippen LogP contribution in [0.4, 0.5) is 5.13 Å². The third kappa shape index (κ3) is 4.37. The van der Waals surface area contributed by atoms with Gasteiger partial charge in [-0.25, -0.2) is 10.0 Å². The number of hydrazone groups is 1. The number of benzene rings is 3. The highest BCUT2D eigenvalue weighted by Crippen LogP contribution is 2.42. The molecule has 5 rings (SSSR count). The van der Waals surface area contributed by atoms with Gasteiger partial charge in [-0.1, -0.05) is 95.9 Å². The van der Waals surface area contributed by atoms with E-state index in [2.05, 4.69) is 70.1 Å². The van der Waals surface area contributed by atoms with Crippen LogP contribution in [0.25, 0.3) is 10.8 Å². The highest BCUT2D eigenvalue weighted by atomic mass is 32.2. The standard InChI is InChI=1S/C24H22N6S2/c1-16-27-28-24(32-16)26-23(25-15-18-9-4-3-5-10-18)30-22(31-17(2)29-30)21-14-8-12-19-11-6-7-13-20(19)21/h3-14,22H,15H2,1-2H3,(H,25,26,28). The maximum absolute atomic E-state index is 4.92. The summed E-state index contributed by atoms with van der Waals surface area (Å²) in [4.78, 5) is 4.92. The fourth-order valence-electron chi connectivity index (χ4n) is 3.62. The number of fused-ring (bicyclic) bond motifs is 1. The SMILES string of the molecule is CC1=NN(C(=NCc2ccccc2)Nc2nnc(C)s2)C(c2cccc3ccccc23)S1. The minimum absolute atomic E-state index is 0.0304. The van der Waals surface area contributed by atoms with E-state index >= 15 is 0 Å². The summed E-state index contributed by atoms with van der Waals surface area (Å²) in [5, 5.41) is 23.6. The maximum Gasteiger partial charge on any atom is 0.222 e. The van der Waals surface area contributed by atoms with Crippen LogP contribution in [0.3, 0.4) is 0 Å². The molecule has 1 unspecified atom stereocenters. The first-order chi connectivity index (χ1) is 15.7. The number of rotatable bonds is 4. The van der Waals surface area contributed by atoms with Crippen LogP contribution in [0.1, 0.15) is 28.4 Å². The van der Waals surface area contributed by atoms with E-state index < -0.39 is 0 Å². The summed E-state index contributed by atoms with van der Waals surface area (Å²) in [5.41, 5.74) is 2.34. The van der Waals surface area contributed by atoms with Gasteiger partial charge >= 0.3 is 0 Å². The first-order valence-corrected chi connectivity index (χ1v) is 12.0. The van der Waals surface area contributed by atoms with Crippen molar-refractivity contribution in [1.82, 2.24) is 15.2 Å². The summed E-state index contributed by atoms with van der Waals surface area (Å²) in [7, 11) is 0. The number of aromatic nitrogens is 2. The lowest BCUT2D eigenvalue weighted by Crippen LogP contribution is -2.32. The molecular weight excluding hydrogens is 436 g/mol. The minimum Gasteiger partial charge on any atom is -0.299 e. The van der Waals surface area contributed by atoms with Gasteiger partial charge in [-0.2, -0.15) is 5.10 Å². The molecule has 0 radical (unpaired) electrons. The highest BCUT2D eigenvalue weighted by molar-refractivity contribution is 8.14. The first-order valence-electron chi connectivity index (χ1n) is 10.3. The van der Waals surface area contributed by atoms with Crippen LogP contribution in [-0.4, -0.2) is 26.2 Å². The summed E-state index contributed by atoms with van der Waals surface area (Å²) in [6.45, 7) is 4.52. The maximum atomic E-state index is 4.92. The number of aliphatic imine (C=N–C) groups is 1. The zero-order valence-electron chi connectivity index (χ0n) is 17.8. The molecular formula is C24H22N6S2. The normalized spacial score (nSPS) is 16.4. The monoisotopic (exact) mass is 458 g/mol. The largest absolute Gasteiger partial charge is 0.299 e. The molecule has 1 aromatic heterocycles. The molecule has 160 valence electrons. The summed E-state index contributed by atoms with van der Waals surface area (Å²) >= 11 is 3.23. The summed E-state index contributed by atoms with van der Waals surface area (Å²) < 4.78 is 0. The Morgan fingerprint density at radius 3 is 2.56 bits per heavy atom. The summed E-state index contributed by atoms with van der Waals surface area (Å²) in [6, 6.07) is 25.1. The number of guanidine groups is 1. The van der Waals surface area contributed by atoms with Gasteiger partial charge in [-0.15, -0.1) is 10.2 Å². The zero-order chi connectivity index (χ0) is 21.9. The number of aryl methyl sites for hydroxylation is 1. The Bertz CT molecular complexity index is 1290. The van der Waals surface area contributed by atoms with E-state index in [9.17, 15) is 0 Å². The molecule has 2 heterocycles. The van der Waals surface area contributed by atoms with Crippen LogP contribution in [-0.2, 0) is 6.54 Å². The lowest BCUT2D eigenvalue weighted by molar-refractivity contribution is 0.437. The minimum atomic E-state index is -0.0304. The Hall–Kier alpha value is -3.23. The van der Waals surface area contributed by atoms with Crippen molar-refractivity contribution < 1.29 is 0 Å². The third-order valence-electron chi connectivity index (χ3n) is 5.06. The Kier molecular flexibility index (Phi) is 5.87. The van der Waals surface area contributed by atoms with Gasteiger partial charge in [0.05, 0.1) is 11.6 Å². The number of hydrogen-bond donors (Lipinski definition) is 1. The molecule has 0 fully saturated rings. The van der Waals surface area contributed by atoms with Gasteiger partial charge in [-0.05, 0) is 35.7 Å². The molecule has 0 spiro atoms. The van der Waals surface area contributed by atoms with Crippen LogP contribution in [0, 0.1) is 6.92 Å². The van der Waals surface area contributed by atoms with Gasteiger partial charge in [0.2, 0.25) is 11.1 Å². The lowest BCUT2D eigenvalue weighted by Gasteiger charge is -2.25. The van der Waals surface area contributed by atoms with Gasteiger partial charge in [0.25, 0.3) is 0 Å². The quantitative estimate of drug-likeness (QED) is 0.298. The number of nitrogens with one attached hydrogen (secondary N) is 1. The van der Waals surface area contributed by atoms with Crippen LogP contribution < -0.4 is 5.32 Å². The molecule has 0 aliphatic carbocycles. The molecule has 32 heavy (non-hydrogen) atoms. The van der Waals surface area contributed by atoms with E-state index in [-0.39, 0.29) is 5.37 Å². The Balaban J connectivity index is 1.54. The van der Waals surface area contributed by atoms with E-state index in [1.807, 2.05) is 37.1 Å². The Morgan fingerprint density at radius 2 is 1.75 bits per heavy atom. The second-order valence-corrected chi connectivity index (χ2v) is 9.83. The van der Waals surface area contributed by atoms with Crippen molar-refractivity contribution in [3.05, 3.63) is 88.9 Å². The molecule has 8 heteroatoms. The molecule has 0 saturated carbocycles. The fourth-order valence-corrected chi connectivity index (χ4v) is 5.24. The fraction of sp³-hybridized carbons (Fsp3) is 0.167. The smallest absolute Gasteiger partial charge is 0.222 e. The summed E-state index contributed by atoms with van der Waals surface area (Å²) in [6.07, 6.45) is 0. The molecule has 3 aromatic carbocycles. The van der Waals surface area contributed by atoms with Gasteiger partial charge in [0.15, 0.2) is 0 Å². The van der Waals surface area contributed by atoms with Crippen molar-refractivity contribution in [2.24, 2.45) is 10.1 Å². The van der Waals surface area contributed by atoms with Gasteiger partial charge in [0, 0.05) is 0 Å². The molecule has 1 aliphatic heterocycles. The molecule has 1 atom stereocenters. The molecule has 0 saturated heterocycles. The molecule has 1 N–H and O–H groups in total. The van der Waals surface area contributed by atoms with Crippen molar-refractivity contribution in [2.75, 3.05) is 5.32 Å². The Labute approximate surface area is 195 Å². The first kappa shape index (κ1) is 20.7. The average molecular weight is 459 g/mol. The van der Waals surface area contributed by atoms with E-state index in [1.165, 1.54) is 27.7 Å². The van der Waals surface area contributed by atoms with E-state index in [4.69, 9.17) is 10.1 Å². The second kappa shape index (κ2) is 9.10. The lowest BCUT2D eigenvalue weighted by atomic mass is 10.0. The van der Waals surface area contributed by atoms with Crippen molar-refractivity contribution in [3.63, 3.8) is 0 Å². The number of anilines is 1. The predicted octanol–water partition coefficient (Wildman–Crippen LogP) is 6.05. The van der Waals surface area contributed by atoms with Crippen molar-refractivity contribution in [1.29, 1.82) is 0 Å². The topological polar surface area (TPSA) is 65.8 Å². The summed E-state index contributed by atoms with van der Waals surface area (Å²) in [5.74, 6) is 0.660. The van der Waals surface area contributed by atoms with Crippen LogP contribution >= 0.6 is 23.1 Å². The molecule has 1 aliphatic rings. The number of hydrogen-bond acceptors (Lipinski definition) is 6. The molecule has 0 amide bonds. The average Bonchev–Trinajstić information content (AvgIpc) is 3.41. The second-order valence-electron chi connectivity index (χ2n) is 7.38. The number of thioether (sulfide) groups is 1. The van der Waals surface area contributed by atoms with Gasteiger partial charge in [-0.3, -0.25) is 5.32 Å². The van der Waals surface area contributed by atoms with Crippen LogP contribution in [0.5, 0.6) is 0 Å². The van der Waals surface area contributed by atoms with E-state index in [0.717, 1.165) is 15.6 Å². The van der Waals surface area contributed by atoms with Crippen molar-refractivity contribution >= 4 is 50.0 Å². The third-order valence-corrected chi connectivity index (χ3v) is 6.91. The van der Waals surface area contributed by atoms with Crippen LogP contribution in [0.15, 0.2) is 82.9 Å². The van der Waals surface area contributed by atoms with E-state index in [1.54, 1.807) is 11.8 Å².